The Morgan fingerprint density at radius 3 is 1.03 bits per heavy atom. The second kappa shape index (κ2) is 30.2. The van der Waals surface area contributed by atoms with Gasteiger partial charge in [-0.1, -0.05) is 142 Å². The van der Waals surface area contributed by atoms with Crippen molar-refractivity contribution in [3.05, 3.63) is 0 Å². The summed E-state index contributed by atoms with van der Waals surface area (Å²) in [6.07, 6.45) is 13.9. The van der Waals surface area contributed by atoms with E-state index >= 15 is 0 Å². The molecule has 0 atom stereocenters. The highest BCUT2D eigenvalue weighted by atomic mass is 16.5. The molecular weight excluding hydrogens is 448 g/mol. The zero-order chi connectivity index (χ0) is 33.5. The fourth-order valence-electron chi connectivity index (χ4n) is 3.98. The first kappa shape index (κ1) is 22.9. The number of unbranched alkanes of at least 4 members (excludes halogenated alkanes) is 17. The average molecular weight is 519 g/mol. The SMILES string of the molecule is [2H]C([2H])(CCCCCCCCCCC)C([2H])([2H])OC(=O)CCCCC(=O)OC([2H])([2H])C([2H])([2H])CCCCCCCCCCC. The smallest absolute Gasteiger partial charge is 0.305 e. The van der Waals surface area contributed by atoms with Crippen LogP contribution in [-0.4, -0.2) is 25.1 Å². The molecule has 36 heavy (non-hydrogen) atoms. The Labute approximate surface area is 236 Å². The Morgan fingerprint density at radius 1 is 0.444 bits per heavy atom. The van der Waals surface area contributed by atoms with Crippen LogP contribution in [0.1, 0.15) is 192 Å². The highest BCUT2D eigenvalue weighted by molar-refractivity contribution is 5.70. The largest absolute Gasteiger partial charge is 0.466 e. The monoisotopic (exact) mass is 519 g/mol. The van der Waals surface area contributed by atoms with Crippen LogP contribution in [0.5, 0.6) is 0 Å². The summed E-state index contributed by atoms with van der Waals surface area (Å²) in [7, 11) is 0. The Balaban J connectivity index is 4.26. The molecule has 4 nitrogen and oxygen atoms in total. The standard InChI is InChI=1S/C32H62O4/c1-3-5-7-9-11-13-15-17-19-21-25-29-35-31(33)27-23-24-28-32(34)36-30-26-22-20-18-16-14-12-10-8-6-4-2/h3-30H2,1-2H3/i25D2,26D2,29D2,30D2. The van der Waals surface area contributed by atoms with Crippen LogP contribution in [0.3, 0.4) is 0 Å². The summed E-state index contributed by atoms with van der Waals surface area (Å²) in [6, 6.07) is 0. The normalized spacial score (nSPS) is 15.9. The Bertz CT molecular complexity index is 701. The number of ether oxygens (including phenoxy) is 2. The van der Waals surface area contributed by atoms with Gasteiger partial charge >= 0.3 is 11.9 Å². The van der Waals surface area contributed by atoms with Crippen molar-refractivity contribution < 1.29 is 30.0 Å². The topological polar surface area (TPSA) is 52.6 Å². The zero-order valence-corrected chi connectivity index (χ0v) is 23.6. The van der Waals surface area contributed by atoms with Gasteiger partial charge in [0.25, 0.3) is 0 Å². The van der Waals surface area contributed by atoms with Gasteiger partial charge in [-0.15, -0.1) is 0 Å². The lowest BCUT2D eigenvalue weighted by atomic mass is 10.1. The minimum Gasteiger partial charge on any atom is -0.466 e. The van der Waals surface area contributed by atoms with E-state index in [0.717, 1.165) is 51.4 Å². The van der Waals surface area contributed by atoms with Crippen LogP contribution in [-0.2, 0) is 19.1 Å². The molecule has 0 aromatic carbocycles. The minimum absolute atomic E-state index is 0.0520. The van der Waals surface area contributed by atoms with Crippen LogP contribution >= 0.6 is 0 Å². The van der Waals surface area contributed by atoms with Crippen molar-refractivity contribution in [3.8, 4) is 0 Å². The number of carbonyl (C=O) groups is 2. The molecule has 4 heteroatoms. The predicted molar refractivity (Wildman–Crippen MR) is 153 cm³/mol. The van der Waals surface area contributed by atoms with Crippen molar-refractivity contribution in [1.29, 1.82) is 0 Å². The quantitative estimate of drug-likeness (QED) is 0.0730. The molecule has 0 bridgehead atoms. The fraction of sp³-hybridized carbons (Fsp3) is 0.938. The van der Waals surface area contributed by atoms with Crippen molar-refractivity contribution in [2.24, 2.45) is 0 Å². The van der Waals surface area contributed by atoms with Crippen molar-refractivity contribution in [1.82, 2.24) is 0 Å². The van der Waals surface area contributed by atoms with Gasteiger partial charge in [-0.25, -0.2) is 0 Å². The molecule has 0 fully saturated rings. The summed E-state index contributed by atoms with van der Waals surface area (Å²) in [5, 5.41) is 0. The molecule has 0 aromatic rings. The summed E-state index contributed by atoms with van der Waals surface area (Å²) >= 11 is 0. The highest BCUT2D eigenvalue weighted by Gasteiger charge is 2.06. The molecule has 0 aromatic heterocycles. The van der Waals surface area contributed by atoms with E-state index in [9.17, 15) is 9.59 Å². The van der Waals surface area contributed by atoms with Crippen LogP contribution in [0.25, 0.3) is 0 Å². The maximum absolute atomic E-state index is 12.2. The van der Waals surface area contributed by atoms with Crippen LogP contribution in [0, 0.1) is 0 Å². The maximum Gasteiger partial charge on any atom is 0.305 e. The van der Waals surface area contributed by atoms with Gasteiger partial charge in [-0.2, -0.15) is 0 Å². The zero-order valence-electron chi connectivity index (χ0n) is 31.6. The van der Waals surface area contributed by atoms with Gasteiger partial charge in [0, 0.05) is 18.3 Å². The Kier molecular flexibility index (Phi) is 19.2. The third-order valence-electron chi connectivity index (χ3n) is 6.30. The second-order valence-corrected chi connectivity index (χ2v) is 9.87. The summed E-state index contributed by atoms with van der Waals surface area (Å²) in [4.78, 5) is 24.4. The number of hydrogen-bond donors (Lipinski definition) is 0. The van der Waals surface area contributed by atoms with E-state index < -0.39 is 37.8 Å². The molecule has 0 unspecified atom stereocenters. The molecule has 0 aliphatic carbocycles. The van der Waals surface area contributed by atoms with E-state index in [1.165, 1.54) is 51.4 Å². The first-order valence-corrected chi connectivity index (χ1v) is 15.1. The van der Waals surface area contributed by atoms with E-state index in [1.807, 2.05) is 0 Å². The Morgan fingerprint density at radius 2 is 0.722 bits per heavy atom. The van der Waals surface area contributed by atoms with Gasteiger partial charge in [0.05, 0.1) is 18.6 Å². The van der Waals surface area contributed by atoms with E-state index in [1.54, 1.807) is 0 Å². The van der Waals surface area contributed by atoms with Crippen LogP contribution in [0.4, 0.5) is 0 Å². The number of carbonyl (C=O) groups excluding carboxylic acids is 2. The van der Waals surface area contributed by atoms with Gasteiger partial charge in [0.2, 0.25) is 0 Å². The Hall–Kier alpha value is -1.06. The van der Waals surface area contributed by atoms with Crippen molar-refractivity contribution >= 4 is 11.9 Å². The minimum atomic E-state index is -2.78. The summed E-state index contributed by atoms with van der Waals surface area (Å²) < 4.78 is 74.1. The van der Waals surface area contributed by atoms with Gasteiger partial charge < -0.3 is 9.47 Å². The van der Waals surface area contributed by atoms with Crippen molar-refractivity contribution in [2.75, 3.05) is 13.1 Å². The van der Waals surface area contributed by atoms with Gasteiger partial charge in [0.15, 0.2) is 0 Å². The predicted octanol–water partition coefficient (Wildman–Crippen LogP) is 10.3. The average Bonchev–Trinajstić information content (AvgIpc) is 2.92. The van der Waals surface area contributed by atoms with E-state index in [-0.39, 0.29) is 38.5 Å². The lowest BCUT2D eigenvalue weighted by molar-refractivity contribution is -0.146. The molecule has 0 heterocycles. The van der Waals surface area contributed by atoms with Gasteiger partial charge in [0.1, 0.15) is 0 Å². The van der Waals surface area contributed by atoms with Crippen LogP contribution in [0.15, 0.2) is 0 Å². The first-order valence-electron chi connectivity index (χ1n) is 19.1. The number of hydrogen-bond acceptors (Lipinski definition) is 4. The maximum atomic E-state index is 12.2. The number of rotatable bonds is 29. The molecule has 0 N–H and O–H groups in total. The van der Waals surface area contributed by atoms with E-state index in [2.05, 4.69) is 13.8 Å². The molecule has 0 radical (unpaired) electrons. The lowest BCUT2D eigenvalue weighted by Crippen LogP contribution is -2.08. The summed E-state index contributed by atoms with van der Waals surface area (Å²) in [5.41, 5.74) is 0. The summed E-state index contributed by atoms with van der Waals surface area (Å²) in [6.45, 7) is -1.20. The van der Waals surface area contributed by atoms with Gasteiger partial charge in [-0.05, 0) is 25.6 Å². The molecule has 0 aliphatic rings. The third kappa shape index (κ3) is 29.2. The molecule has 0 saturated heterocycles. The molecule has 214 valence electrons. The first-order chi connectivity index (χ1) is 20.6. The molecule has 0 saturated carbocycles. The molecule has 0 amide bonds. The third-order valence-corrected chi connectivity index (χ3v) is 6.30. The second-order valence-electron chi connectivity index (χ2n) is 9.87. The van der Waals surface area contributed by atoms with Gasteiger partial charge in [-0.3, -0.25) is 9.59 Å². The fourth-order valence-corrected chi connectivity index (χ4v) is 3.98. The molecule has 0 aliphatic heterocycles. The number of esters is 2. The highest BCUT2D eigenvalue weighted by Crippen LogP contribution is 2.13. The molecule has 0 spiro atoms. The molecule has 0 rings (SSSR count). The van der Waals surface area contributed by atoms with E-state index in [0.29, 0.717) is 12.8 Å². The van der Waals surface area contributed by atoms with Crippen LogP contribution < -0.4 is 0 Å². The van der Waals surface area contributed by atoms with Crippen molar-refractivity contribution in [2.45, 2.75) is 181 Å². The van der Waals surface area contributed by atoms with Crippen LogP contribution in [0.2, 0.25) is 0 Å². The lowest BCUT2D eigenvalue weighted by Gasteiger charge is -2.06. The molecular formula is C32H62O4. The van der Waals surface area contributed by atoms with Crippen molar-refractivity contribution in [3.63, 3.8) is 0 Å². The van der Waals surface area contributed by atoms with E-state index in [4.69, 9.17) is 20.4 Å². The summed E-state index contributed by atoms with van der Waals surface area (Å²) in [5.74, 6) is -1.82.